The summed E-state index contributed by atoms with van der Waals surface area (Å²) in [6.07, 6.45) is 15.1. The maximum Gasteiger partial charge on any atom is 0.0485 e. The van der Waals surface area contributed by atoms with Crippen LogP contribution in [0.15, 0.2) is 0 Å². The number of hydrogen-bond donors (Lipinski definition) is 1. The van der Waals surface area contributed by atoms with E-state index in [-0.39, 0.29) is 0 Å². The molecule has 0 aromatic carbocycles. The third-order valence-corrected chi connectivity index (χ3v) is 5.84. The first-order chi connectivity index (χ1) is 10.8. The summed E-state index contributed by atoms with van der Waals surface area (Å²) < 4.78 is 0. The Labute approximate surface area is 140 Å². The minimum atomic E-state index is 0.728. The van der Waals surface area contributed by atoms with Gasteiger partial charge in [0.15, 0.2) is 0 Å². The Morgan fingerprint density at radius 3 is 2.00 bits per heavy atom. The maximum atomic E-state index is 3.96. The summed E-state index contributed by atoms with van der Waals surface area (Å²) in [7, 11) is 0. The van der Waals surface area contributed by atoms with Gasteiger partial charge in [-0.1, -0.05) is 72.6 Å². The van der Waals surface area contributed by atoms with Gasteiger partial charge in [-0.15, -0.1) is 0 Å². The fourth-order valence-corrected chi connectivity index (χ4v) is 4.18. The molecule has 0 aromatic rings. The van der Waals surface area contributed by atoms with Crippen molar-refractivity contribution >= 4 is 0 Å². The second-order valence-corrected chi connectivity index (χ2v) is 7.24. The van der Waals surface area contributed by atoms with Crippen LogP contribution in [0.2, 0.25) is 0 Å². The highest BCUT2D eigenvalue weighted by atomic mass is 15.2. The summed E-state index contributed by atoms with van der Waals surface area (Å²) in [5, 5.41) is 3.96. The van der Waals surface area contributed by atoms with Crippen molar-refractivity contribution in [2.24, 2.45) is 5.92 Å². The van der Waals surface area contributed by atoms with Crippen LogP contribution < -0.4 is 5.32 Å². The van der Waals surface area contributed by atoms with Crippen LogP contribution >= 0.6 is 0 Å². The first kappa shape index (κ1) is 20.0. The summed E-state index contributed by atoms with van der Waals surface area (Å²) in [6.45, 7) is 11.8. The lowest BCUT2D eigenvalue weighted by molar-refractivity contribution is 0.146. The molecule has 1 rings (SSSR count). The molecule has 1 N–H and O–H groups in total. The normalized spacial score (nSPS) is 23.5. The van der Waals surface area contributed by atoms with Crippen molar-refractivity contribution in [1.82, 2.24) is 10.2 Å². The van der Waals surface area contributed by atoms with Crippen molar-refractivity contribution in [1.29, 1.82) is 0 Å². The molecule has 0 radical (unpaired) electrons. The van der Waals surface area contributed by atoms with Gasteiger partial charge in [-0.05, 0) is 38.1 Å². The van der Waals surface area contributed by atoms with E-state index in [9.17, 15) is 0 Å². The minimum absolute atomic E-state index is 0.728. The summed E-state index contributed by atoms with van der Waals surface area (Å²) in [5.74, 6) is 0.853. The fourth-order valence-electron chi connectivity index (χ4n) is 4.18. The third kappa shape index (κ3) is 7.00. The monoisotopic (exact) mass is 310 g/mol. The smallest absolute Gasteiger partial charge is 0.0485 e. The summed E-state index contributed by atoms with van der Waals surface area (Å²) in [6, 6.07) is 1.49. The van der Waals surface area contributed by atoms with Gasteiger partial charge in [0.25, 0.3) is 0 Å². The number of hydrogen-bond acceptors (Lipinski definition) is 2. The fraction of sp³-hybridized carbons (Fsp3) is 1.00. The topological polar surface area (TPSA) is 15.3 Å². The van der Waals surface area contributed by atoms with Gasteiger partial charge in [0, 0.05) is 18.8 Å². The Morgan fingerprint density at radius 2 is 1.41 bits per heavy atom. The Hall–Kier alpha value is -0.0800. The van der Waals surface area contributed by atoms with E-state index in [4.69, 9.17) is 0 Å². The van der Waals surface area contributed by atoms with E-state index in [0.29, 0.717) is 0 Å². The SMILES string of the molecule is CCC(CC)C1CCCCCCCCN(C(CC)CC)CN1. The molecule has 1 aliphatic heterocycles. The lowest BCUT2D eigenvalue weighted by atomic mass is 9.90. The van der Waals surface area contributed by atoms with Crippen LogP contribution in [0.4, 0.5) is 0 Å². The van der Waals surface area contributed by atoms with Crippen LogP contribution in [0.1, 0.15) is 98.3 Å². The molecule has 0 bridgehead atoms. The molecule has 0 aliphatic carbocycles. The van der Waals surface area contributed by atoms with Gasteiger partial charge in [0.2, 0.25) is 0 Å². The van der Waals surface area contributed by atoms with Gasteiger partial charge in [0.05, 0.1) is 0 Å². The molecule has 0 saturated carbocycles. The third-order valence-electron chi connectivity index (χ3n) is 5.84. The molecule has 0 amide bonds. The predicted octanol–water partition coefficient (Wildman–Crippen LogP) is 5.57. The van der Waals surface area contributed by atoms with Crippen LogP contribution in [0.5, 0.6) is 0 Å². The molecule has 1 unspecified atom stereocenters. The molecule has 132 valence electrons. The minimum Gasteiger partial charge on any atom is -0.301 e. The zero-order valence-electron chi connectivity index (χ0n) is 15.9. The highest BCUT2D eigenvalue weighted by molar-refractivity contribution is 4.77. The molecule has 1 fully saturated rings. The van der Waals surface area contributed by atoms with E-state index in [0.717, 1.165) is 24.7 Å². The molecular weight excluding hydrogens is 268 g/mol. The summed E-state index contributed by atoms with van der Waals surface area (Å²) in [5.41, 5.74) is 0. The molecule has 0 spiro atoms. The highest BCUT2D eigenvalue weighted by Gasteiger charge is 2.21. The Morgan fingerprint density at radius 1 is 0.818 bits per heavy atom. The van der Waals surface area contributed by atoms with Gasteiger partial charge in [-0.25, -0.2) is 0 Å². The molecule has 2 heteroatoms. The predicted molar refractivity (Wildman–Crippen MR) is 99.3 cm³/mol. The van der Waals surface area contributed by atoms with Gasteiger partial charge >= 0.3 is 0 Å². The van der Waals surface area contributed by atoms with E-state index in [1.165, 1.54) is 77.2 Å². The largest absolute Gasteiger partial charge is 0.301 e. The second-order valence-electron chi connectivity index (χ2n) is 7.24. The molecule has 1 heterocycles. The first-order valence-electron chi connectivity index (χ1n) is 10.2. The van der Waals surface area contributed by atoms with E-state index < -0.39 is 0 Å². The van der Waals surface area contributed by atoms with E-state index in [2.05, 4.69) is 37.9 Å². The van der Waals surface area contributed by atoms with Crippen LogP contribution in [-0.2, 0) is 0 Å². The van der Waals surface area contributed by atoms with Gasteiger partial charge < -0.3 is 5.32 Å². The van der Waals surface area contributed by atoms with Crippen LogP contribution in [0, 0.1) is 5.92 Å². The first-order valence-corrected chi connectivity index (χ1v) is 10.2. The van der Waals surface area contributed by atoms with Gasteiger partial charge in [-0.2, -0.15) is 0 Å². The van der Waals surface area contributed by atoms with Crippen molar-refractivity contribution in [3.63, 3.8) is 0 Å². The van der Waals surface area contributed by atoms with Crippen molar-refractivity contribution in [3.8, 4) is 0 Å². The number of nitrogens with one attached hydrogen (secondary N) is 1. The molecule has 1 atom stereocenters. The number of nitrogens with zero attached hydrogens (tertiary/aromatic N) is 1. The average Bonchev–Trinajstić information content (AvgIpc) is 2.53. The van der Waals surface area contributed by atoms with Crippen LogP contribution in [0.3, 0.4) is 0 Å². The zero-order chi connectivity index (χ0) is 16.2. The van der Waals surface area contributed by atoms with E-state index in [1.807, 2.05) is 0 Å². The van der Waals surface area contributed by atoms with Crippen LogP contribution in [0.25, 0.3) is 0 Å². The van der Waals surface area contributed by atoms with Crippen molar-refractivity contribution in [3.05, 3.63) is 0 Å². The van der Waals surface area contributed by atoms with Gasteiger partial charge in [0.1, 0.15) is 0 Å². The van der Waals surface area contributed by atoms with Crippen molar-refractivity contribution in [2.75, 3.05) is 13.2 Å². The molecule has 1 aliphatic rings. The molecule has 2 nitrogen and oxygen atoms in total. The molecule has 0 aromatic heterocycles. The van der Waals surface area contributed by atoms with E-state index in [1.54, 1.807) is 0 Å². The Kier molecular flexibility index (Phi) is 11.2. The van der Waals surface area contributed by atoms with E-state index >= 15 is 0 Å². The molecule has 1 saturated heterocycles. The molecule has 22 heavy (non-hydrogen) atoms. The average molecular weight is 311 g/mol. The lowest BCUT2D eigenvalue weighted by Gasteiger charge is -2.35. The standard InChI is InChI=1S/C20H42N2/c1-5-18(6-2)20-15-13-11-9-10-12-14-16-22(17-21-20)19(7-3)8-4/h18-21H,5-17H2,1-4H3. The maximum absolute atomic E-state index is 3.96. The number of rotatable bonds is 6. The van der Waals surface area contributed by atoms with Crippen molar-refractivity contribution < 1.29 is 0 Å². The summed E-state index contributed by atoms with van der Waals surface area (Å²) >= 11 is 0. The quantitative estimate of drug-likeness (QED) is 0.689. The second kappa shape index (κ2) is 12.4. The van der Waals surface area contributed by atoms with Crippen LogP contribution in [-0.4, -0.2) is 30.2 Å². The lowest BCUT2D eigenvalue weighted by Crippen LogP contribution is -2.47. The summed E-state index contributed by atoms with van der Waals surface area (Å²) in [4.78, 5) is 2.73. The highest BCUT2D eigenvalue weighted by Crippen LogP contribution is 2.21. The molecular formula is C20H42N2. The Balaban J connectivity index is 2.67. The zero-order valence-corrected chi connectivity index (χ0v) is 15.9. The Bertz CT molecular complexity index is 220. The van der Waals surface area contributed by atoms with Crippen molar-refractivity contribution in [2.45, 2.75) is 110 Å². The van der Waals surface area contributed by atoms with Gasteiger partial charge in [-0.3, -0.25) is 4.90 Å².